The second kappa shape index (κ2) is 6.17. The van der Waals surface area contributed by atoms with Crippen molar-refractivity contribution in [2.75, 3.05) is 29.9 Å². The van der Waals surface area contributed by atoms with Crippen molar-refractivity contribution in [2.45, 2.75) is 19.3 Å². The van der Waals surface area contributed by atoms with Crippen molar-refractivity contribution in [3.05, 3.63) is 59.9 Å². The Hall–Kier alpha value is -2.03. The minimum atomic E-state index is -0.137. The van der Waals surface area contributed by atoms with Crippen molar-refractivity contribution in [3.8, 4) is 0 Å². The molecule has 2 nitrogen and oxygen atoms in total. The lowest BCUT2D eigenvalue weighted by atomic mass is 9.90. The first-order chi connectivity index (χ1) is 10.3. The van der Waals surface area contributed by atoms with Gasteiger partial charge >= 0.3 is 0 Å². The Kier molecular flexibility index (Phi) is 4.09. The monoisotopic (exact) mass is 284 g/mol. The molecule has 0 spiro atoms. The Morgan fingerprint density at radius 3 is 2.71 bits per heavy atom. The smallest absolute Gasteiger partial charge is 0.146 e. The number of anilines is 2. The Morgan fingerprint density at radius 2 is 1.90 bits per heavy atom. The number of hydrogen-bond donors (Lipinski definition) is 1. The lowest BCUT2D eigenvalue weighted by Gasteiger charge is -2.32. The summed E-state index contributed by atoms with van der Waals surface area (Å²) in [4.78, 5) is 2.14. The lowest BCUT2D eigenvalue weighted by molar-refractivity contribution is 0.582. The number of hydrogen-bond acceptors (Lipinski definition) is 2. The Labute approximate surface area is 125 Å². The molecule has 1 aliphatic heterocycles. The van der Waals surface area contributed by atoms with Crippen LogP contribution in [0.15, 0.2) is 48.5 Å². The van der Waals surface area contributed by atoms with Crippen LogP contribution < -0.4 is 10.2 Å². The fourth-order valence-corrected chi connectivity index (χ4v) is 3.11. The summed E-state index contributed by atoms with van der Waals surface area (Å²) in [7, 11) is 0. The second-order valence-corrected chi connectivity index (χ2v) is 5.49. The van der Waals surface area contributed by atoms with Crippen LogP contribution in [0.25, 0.3) is 0 Å². The Bertz CT molecular complexity index is 612. The number of rotatable bonds is 4. The van der Waals surface area contributed by atoms with Crippen LogP contribution in [0.3, 0.4) is 0 Å². The van der Waals surface area contributed by atoms with Gasteiger partial charge in [-0.3, -0.25) is 0 Å². The highest BCUT2D eigenvalue weighted by Gasteiger charge is 2.22. The zero-order valence-corrected chi connectivity index (χ0v) is 12.3. The molecule has 2 aromatic rings. The van der Waals surface area contributed by atoms with Gasteiger partial charge in [-0.25, -0.2) is 4.39 Å². The number of fused-ring (bicyclic) bond motifs is 1. The SMILES string of the molecule is CCN(CC1CCNc2ccccc21)c1ccccc1F. The summed E-state index contributed by atoms with van der Waals surface area (Å²) in [6.07, 6.45) is 1.09. The van der Waals surface area contributed by atoms with Crippen molar-refractivity contribution in [2.24, 2.45) is 0 Å². The first-order valence-electron chi connectivity index (χ1n) is 7.62. The maximum atomic E-state index is 14.0. The predicted octanol–water partition coefficient (Wildman–Crippen LogP) is 4.25. The first kappa shape index (κ1) is 13.9. The third-order valence-corrected chi connectivity index (χ3v) is 4.22. The molecule has 1 atom stereocenters. The van der Waals surface area contributed by atoms with Gasteiger partial charge in [0, 0.05) is 31.2 Å². The molecule has 0 radical (unpaired) electrons. The van der Waals surface area contributed by atoms with Crippen molar-refractivity contribution in [3.63, 3.8) is 0 Å². The average molecular weight is 284 g/mol. The van der Waals surface area contributed by atoms with Crippen LogP contribution in [0.5, 0.6) is 0 Å². The molecule has 110 valence electrons. The van der Waals surface area contributed by atoms with E-state index < -0.39 is 0 Å². The maximum absolute atomic E-state index is 14.0. The van der Waals surface area contributed by atoms with Gasteiger partial charge in [0.05, 0.1) is 5.69 Å². The lowest BCUT2D eigenvalue weighted by Crippen LogP contribution is -2.32. The van der Waals surface area contributed by atoms with E-state index in [2.05, 4.69) is 41.4 Å². The topological polar surface area (TPSA) is 15.3 Å². The number of likely N-dealkylation sites (N-methyl/N-ethyl adjacent to an activating group) is 1. The van der Waals surface area contributed by atoms with Gasteiger partial charge in [0.1, 0.15) is 5.82 Å². The van der Waals surface area contributed by atoms with Crippen LogP contribution in [0.2, 0.25) is 0 Å². The summed E-state index contributed by atoms with van der Waals surface area (Å²) in [5, 5.41) is 3.44. The van der Waals surface area contributed by atoms with E-state index >= 15 is 0 Å². The van der Waals surface area contributed by atoms with E-state index in [4.69, 9.17) is 0 Å². The predicted molar refractivity (Wildman–Crippen MR) is 86.6 cm³/mol. The van der Waals surface area contributed by atoms with Crippen LogP contribution >= 0.6 is 0 Å². The summed E-state index contributed by atoms with van der Waals surface area (Å²) in [6.45, 7) is 4.74. The van der Waals surface area contributed by atoms with Gasteiger partial charge in [-0.2, -0.15) is 0 Å². The van der Waals surface area contributed by atoms with Crippen molar-refractivity contribution >= 4 is 11.4 Å². The van der Waals surface area contributed by atoms with Crippen LogP contribution in [0, 0.1) is 5.82 Å². The normalized spacial score (nSPS) is 17.0. The van der Waals surface area contributed by atoms with Gasteiger partial charge in [0.2, 0.25) is 0 Å². The minimum absolute atomic E-state index is 0.137. The molecule has 21 heavy (non-hydrogen) atoms. The van der Waals surface area contributed by atoms with Gasteiger partial charge in [0.25, 0.3) is 0 Å². The summed E-state index contributed by atoms with van der Waals surface area (Å²) < 4.78 is 14.0. The molecule has 1 heterocycles. The molecular weight excluding hydrogens is 263 g/mol. The highest BCUT2D eigenvalue weighted by molar-refractivity contribution is 5.56. The van der Waals surface area contributed by atoms with E-state index in [0.29, 0.717) is 11.6 Å². The zero-order chi connectivity index (χ0) is 14.7. The molecule has 0 bridgehead atoms. The summed E-state index contributed by atoms with van der Waals surface area (Å²) in [5.74, 6) is 0.309. The molecule has 2 aromatic carbocycles. The highest BCUT2D eigenvalue weighted by atomic mass is 19.1. The average Bonchev–Trinajstić information content (AvgIpc) is 2.53. The molecule has 3 heteroatoms. The minimum Gasteiger partial charge on any atom is -0.385 e. The maximum Gasteiger partial charge on any atom is 0.146 e. The van der Waals surface area contributed by atoms with Crippen LogP contribution in [-0.4, -0.2) is 19.6 Å². The molecule has 1 N–H and O–H groups in total. The number of halogens is 1. The molecule has 0 aliphatic carbocycles. The van der Waals surface area contributed by atoms with Gasteiger partial charge in [-0.1, -0.05) is 30.3 Å². The largest absolute Gasteiger partial charge is 0.385 e. The number of para-hydroxylation sites is 2. The third-order valence-electron chi connectivity index (χ3n) is 4.22. The molecule has 0 fully saturated rings. The van der Waals surface area contributed by atoms with E-state index in [9.17, 15) is 4.39 Å². The van der Waals surface area contributed by atoms with Gasteiger partial charge < -0.3 is 10.2 Å². The summed E-state index contributed by atoms with van der Waals surface area (Å²) >= 11 is 0. The molecule has 1 aliphatic rings. The molecule has 0 amide bonds. The molecule has 3 rings (SSSR count). The van der Waals surface area contributed by atoms with Crippen LogP contribution in [-0.2, 0) is 0 Å². The molecule has 0 aromatic heterocycles. The van der Waals surface area contributed by atoms with E-state index in [1.54, 1.807) is 6.07 Å². The van der Waals surface area contributed by atoms with Crippen molar-refractivity contribution < 1.29 is 4.39 Å². The zero-order valence-electron chi connectivity index (χ0n) is 12.3. The molecule has 1 unspecified atom stereocenters. The highest BCUT2D eigenvalue weighted by Crippen LogP contribution is 2.33. The number of nitrogens with one attached hydrogen (secondary N) is 1. The quantitative estimate of drug-likeness (QED) is 0.903. The Balaban J connectivity index is 1.84. The fourth-order valence-electron chi connectivity index (χ4n) is 3.11. The van der Waals surface area contributed by atoms with E-state index in [-0.39, 0.29) is 5.82 Å². The molecular formula is C18H21FN2. The van der Waals surface area contributed by atoms with Crippen LogP contribution in [0.1, 0.15) is 24.8 Å². The third kappa shape index (κ3) is 2.87. The van der Waals surface area contributed by atoms with Crippen LogP contribution in [0.4, 0.5) is 15.8 Å². The first-order valence-corrected chi connectivity index (χ1v) is 7.62. The molecule has 0 saturated carbocycles. The van der Waals surface area contributed by atoms with Crippen molar-refractivity contribution in [1.29, 1.82) is 0 Å². The Morgan fingerprint density at radius 1 is 1.14 bits per heavy atom. The van der Waals surface area contributed by atoms with E-state index in [1.165, 1.54) is 17.3 Å². The number of benzene rings is 2. The summed E-state index contributed by atoms with van der Waals surface area (Å²) in [6, 6.07) is 15.5. The summed E-state index contributed by atoms with van der Waals surface area (Å²) in [5.41, 5.74) is 3.27. The standard InChI is InChI=1S/C18H21FN2/c1-2-21(18-10-6-4-8-16(18)19)13-14-11-12-20-17-9-5-3-7-15(14)17/h3-10,14,20H,2,11-13H2,1H3. The van der Waals surface area contributed by atoms with Gasteiger partial charge in [-0.05, 0) is 37.1 Å². The van der Waals surface area contributed by atoms with E-state index in [1.807, 2.05) is 12.1 Å². The molecule has 0 saturated heterocycles. The number of nitrogens with zero attached hydrogens (tertiary/aromatic N) is 1. The second-order valence-electron chi connectivity index (χ2n) is 5.49. The van der Waals surface area contributed by atoms with Gasteiger partial charge in [0.15, 0.2) is 0 Å². The van der Waals surface area contributed by atoms with Crippen molar-refractivity contribution in [1.82, 2.24) is 0 Å². The fraction of sp³-hybridized carbons (Fsp3) is 0.333. The van der Waals surface area contributed by atoms with Gasteiger partial charge in [-0.15, -0.1) is 0 Å². The van der Waals surface area contributed by atoms with E-state index in [0.717, 1.165) is 26.1 Å².